The Bertz CT molecular complexity index is 206. The normalized spacial score (nSPS) is 23.0. The number of likely N-dealkylation sites (tertiary alicyclic amines) is 1. The summed E-state index contributed by atoms with van der Waals surface area (Å²) >= 11 is 0. The third kappa shape index (κ3) is 5.08. The van der Waals surface area contributed by atoms with Crippen molar-refractivity contribution in [1.82, 2.24) is 4.90 Å². The maximum absolute atomic E-state index is 10.8. The first-order valence-electron chi connectivity index (χ1n) is 6.58. The summed E-state index contributed by atoms with van der Waals surface area (Å²) in [7, 11) is 0. The van der Waals surface area contributed by atoms with Crippen LogP contribution in [0.3, 0.4) is 0 Å². The van der Waals surface area contributed by atoms with Crippen LogP contribution in [-0.2, 0) is 4.79 Å². The molecule has 0 aromatic heterocycles. The molecule has 0 amide bonds. The van der Waals surface area contributed by atoms with E-state index in [0.717, 1.165) is 32.4 Å². The number of rotatable bonds is 6. The molecule has 1 aliphatic rings. The summed E-state index contributed by atoms with van der Waals surface area (Å²) in [6.07, 6.45) is 7.69. The van der Waals surface area contributed by atoms with E-state index in [-0.39, 0.29) is 12.4 Å². The molecule has 0 spiro atoms. The van der Waals surface area contributed by atoms with Gasteiger partial charge in [0.25, 0.3) is 0 Å². The van der Waals surface area contributed by atoms with E-state index in [1.807, 2.05) is 0 Å². The molecule has 0 aromatic carbocycles. The van der Waals surface area contributed by atoms with E-state index in [1.54, 1.807) is 6.92 Å². The second kappa shape index (κ2) is 7.80. The number of Topliss-reactive ketones (excluding diaryl/α,β-unsaturated/α-hetero) is 1. The summed E-state index contributed by atoms with van der Waals surface area (Å²) in [5, 5.41) is 9.34. The lowest BCUT2D eigenvalue weighted by molar-refractivity contribution is -0.117. The Labute approximate surface area is 98.8 Å². The fraction of sp³-hybridized carbons (Fsp3) is 0.923. The van der Waals surface area contributed by atoms with Crippen LogP contribution >= 0.6 is 0 Å². The maximum atomic E-state index is 10.8. The molecule has 3 heteroatoms. The van der Waals surface area contributed by atoms with Crippen LogP contribution in [0.25, 0.3) is 0 Å². The van der Waals surface area contributed by atoms with Crippen LogP contribution in [0.4, 0.5) is 0 Å². The topological polar surface area (TPSA) is 40.5 Å². The molecule has 0 aliphatic carbocycles. The molecular formula is C13H25NO2. The smallest absolute Gasteiger partial charge is 0.129 e. The molecule has 1 unspecified atom stereocenters. The van der Waals surface area contributed by atoms with Gasteiger partial charge in [0, 0.05) is 12.5 Å². The van der Waals surface area contributed by atoms with Crippen molar-refractivity contribution in [3.63, 3.8) is 0 Å². The lowest BCUT2D eigenvalue weighted by atomic mass is 10.1. The maximum Gasteiger partial charge on any atom is 0.129 e. The van der Waals surface area contributed by atoms with Gasteiger partial charge in [0.15, 0.2) is 0 Å². The molecule has 3 nitrogen and oxygen atoms in total. The van der Waals surface area contributed by atoms with Crippen LogP contribution < -0.4 is 0 Å². The first kappa shape index (κ1) is 13.7. The Kier molecular flexibility index (Phi) is 6.65. The third-order valence-corrected chi connectivity index (χ3v) is 3.43. The van der Waals surface area contributed by atoms with Crippen molar-refractivity contribution < 1.29 is 9.90 Å². The number of unbranched alkanes of at least 4 members (excludes halogenated alkanes) is 1. The number of nitrogens with zero attached hydrogens (tertiary/aromatic N) is 1. The molecule has 0 bridgehead atoms. The van der Waals surface area contributed by atoms with Gasteiger partial charge >= 0.3 is 0 Å². The van der Waals surface area contributed by atoms with Gasteiger partial charge in [-0.1, -0.05) is 12.8 Å². The summed E-state index contributed by atoms with van der Waals surface area (Å²) in [5.74, 6) is 0.287. The summed E-state index contributed by atoms with van der Waals surface area (Å²) < 4.78 is 0. The molecule has 1 atom stereocenters. The zero-order valence-corrected chi connectivity index (χ0v) is 10.5. The fourth-order valence-electron chi connectivity index (χ4n) is 2.43. The van der Waals surface area contributed by atoms with Crippen LogP contribution in [-0.4, -0.2) is 41.5 Å². The summed E-state index contributed by atoms with van der Waals surface area (Å²) in [6.45, 7) is 4.10. The van der Waals surface area contributed by atoms with E-state index in [2.05, 4.69) is 4.90 Å². The van der Waals surface area contributed by atoms with Gasteiger partial charge in [-0.3, -0.25) is 4.90 Å². The minimum atomic E-state index is 0.284. The van der Waals surface area contributed by atoms with Crippen molar-refractivity contribution in [2.75, 3.05) is 19.7 Å². The van der Waals surface area contributed by atoms with Gasteiger partial charge in [0.1, 0.15) is 5.78 Å². The Hall–Kier alpha value is -0.410. The molecule has 1 N–H and O–H groups in total. The molecule has 0 aromatic rings. The lowest BCUT2D eigenvalue weighted by Gasteiger charge is -2.28. The average Bonchev–Trinajstić information content (AvgIpc) is 2.48. The predicted molar refractivity (Wildman–Crippen MR) is 65.4 cm³/mol. The average molecular weight is 227 g/mol. The molecule has 1 fully saturated rings. The van der Waals surface area contributed by atoms with Gasteiger partial charge in [0.05, 0.1) is 6.61 Å². The number of aliphatic hydroxyl groups is 1. The zero-order valence-electron chi connectivity index (χ0n) is 10.5. The number of aliphatic hydroxyl groups excluding tert-OH is 1. The van der Waals surface area contributed by atoms with E-state index in [0.29, 0.717) is 12.5 Å². The van der Waals surface area contributed by atoms with Crippen molar-refractivity contribution >= 4 is 5.78 Å². The van der Waals surface area contributed by atoms with Crippen molar-refractivity contribution in [3.05, 3.63) is 0 Å². The van der Waals surface area contributed by atoms with Crippen LogP contribution in [0.2, 0.25) is 0 Å². The highest BCUT2D eigenvalue weighted by atomic mass is 16.3. The zero-order chi connectivity index (χ0) is 11.8. The van der Waals surface area contributed by atoms with Crippen molar-refractivity contribution in [3.8, 4) is 0 Å². The van der Waals surface area contributed by atoms with Gasteiger partial charge in [-0.2, -0.15) is 0 Å². The number of ketones is 1. The predicted octanol–water partition coefficient (Wildman–Crippen LogP) is 1.98. The Balaban J connectivity index is 2.23. The largest absolute Gasteiger partial charge is 0.395 e. The summed E-state index contributed by atoms with van der Waals surface area (Å²) in [4.78, 5) is 13.2. The minimum Gasteiger partial charge on any atom is -0.395 e. The van der Waals surface area contributed by atoms with Crippen LogP contribution in [0.5, 0.6) is 0 Å². The first-order chi connectivity index (χ1) is 7.74. The number of carbonyl (C=O) groups is 1. The van der Waals surface area contributed by atoms with E-state index < -0.39 is 0 Å². The summed E-state index contributed by atoms with van der Waals surface area (Å²) in [6, 6.07) is 0.361. The molecule has 0 saturated carbocycles. The van der Waals surface area contributed by atoms with E-state index in [9.17, 15) is 9.90 Å². The van der Waals surface area contributed by atoms with E-state index in [1.165, 1.54) is 19.3 Å². The van der Waals surface area contributed by atoms with Crippen LogP contribution in [0.15, 0.2) is 0 Å². The monoisotopic (exact) mass is 227 g/mol. The molecular weight excluding hydrogens is 202 g/mol. The lowest BCUT2D eigenvalue weighted by Crippen LogP contribution is -2.38. The fourth-order valence-corrected chi connectivity index (χ4v) is 2.43. The molecule has 94 valence electrons. The van der Waals surface area contributed by atoms with E-state index >= 15 is 0 Å². The van der Waals surface area contributed by atoms with Crippen molar-refractivity contribution in [2.45, 2.75) is 57.9 Å². The molecule has 1 heterocycles. The Morgan fingerprint density at radius 2 is 2.12 bits per heavy atom. The molecule has 1 saturated heterocycles. The minimum absolute atomic E-state index is 0.284. The second-order valence-electron chi connectivity index (χ2n) is 4.88. The second-order valence-corrected chi connectivity index (χ2v) is 4.88. The van der Waals surface area contributed by atoms with Crippen molar-refractivity contribution in [1.29, 1.82) is 0 Å². The van der Waals surface area contributed by atoms with Gasteiger partial charge < -0.3 is 9.90 Å². The first-order valence-corrected chi connectivity index (χ1v) is 6.58. The summed E-state index contributed by atoms with van der Waals surface area (Å²) in [5.41, 5.74) is 0. The SMILES string of the molecule is CC(=O)CCCCN1CCCCCC1CO. The molecule has 16 heavy (non-hydrogen) atoms. The van der Waals surface area contributed by atoms with E-state index in [4.69, 9.17) is 0 Å². The van der Waals surface area contributed by atoms with Crippen LogP contribution in [0.1, 0.15) is 51.9 Å². The van der Waals surface area contributed by atoms with Gasteiger partial charge in [-0.05, 0) is 45.7 Å². The molecule has 1 rings (SSSR count). The van der Waals surface area contributed by atoms with Gasteiger partial charge in [0.2, 0.25) is 0 Å². The Morgan fingerprint density at radius 3 is 2.81 bits per heavy atom. The third-order valence-electron chi connectivity index (χ3n) is 3.43. The van der Waals surface area contributed by atoms with Crippen molar-refractivity contribution in [2.24, 2.45) is 0 Å². The Morgan fingerprint density at radius 1 is 1.31 bits per heavy atom. The number of hydrogen-bond acceptors (Lipinski definition) is 3. The molecule has 0 radical (unpaired) electrons. The number of hydrogen-bond donors (Lipinski definition) is 1. The van der Waals surface area contributed by atoms with Crippen LogP contribution in [0, 0.1) is 0 Å². The van der Waals surface area contributed by atoms with Gasteiger partial charge in [-0.25, -0.2) is 0 Å². The highest BCUT2D eigenvalue weighted by Gasteiger charge is 2.19. The highest BCUT2D eigenvalue weighted by Crippen LogP contribution is 2.17. The molecule has 1 aliphatic heterocycles. The quantitative estimate of drug-likeness (QED) is 0.705. The highest BCUT2D eigenvalue weighted by molar-refractivity contribution is 5.75. The number of carbonyl (C=O) groups excluding carboxylic acids is 1. The standard InChI is InChI=1S/C13H25NO2/c1-12(16)7-4-6-10-14-9-5-2-3-8-13(14)11-15/h13,15H,2-11H2,1H3. The van der Waals surface area contributed by atoms with Gasteiger partial charge in [-0.15, -0.1) is 0 Å².